The van der Waals surface area contributed by atoms with E-state index in [2.05, 4.69) is 21.8 Å². The second-order valence-corrected chi connectivity index (χ2v) is 5.73. The molecule has 0 saturated carbocycles. The van der Waals surface area contributed by atoms with Gasteiger partial charge in [-0.25, -0.2) is 9.97 Å². The van der Waals surface area contributed by atoms with Crippen LogP contribution < -0.4 is 10.6 Å². The molecule has 2 atom stereocenters. The number of fused-ring (bicyclic) bond motifs is 2. The van der Waals surface area contributed by atoms with Crippen LogP contribution in [0.1, 0.15) is 44.6 Å². The summed E-state index contributed by atoms with van der Waals surface area (Å²) in [6.45, 7) is 2.14. The lowest BCUT2D eigenvalue weighted by atomic mass is 9.99. The maximum absolute atomic E-state index is 9.90. The highest BCUT2D eigenvalue weighted by molar-refractivity contribution is 5.58. The molecule has 2 unspecified atom stereocenters. The summed E-state index contributed by atoms with van der Waals surface area (Å²) in [5.41, 5.74) is 7.11. The lowest BCUT2D eigenvalue weighted by molar-refractivity contribution is 0.126. The van der Waals surface area contributed by atoms with Gasteiger partial charge in [-0.3, -0.25) is 0 Å². The van der Waals surface area contributed by atoms with Gasteiger partial charge in [0.1, 0.15) is 18.0 Å². The molecule has 2 bridgehead atoms. The summed E-state index contributed by atoms with van der Waals surface area (Å²) in [7, 11) is 0. The van der Waals surface area contributed by atoms with Crippen molar-refractivity contribution in [1.29, 1.82) is 0 Å². The maximum atomic E-state index is 9.90. The first-order valence-electron chi connectivity index (χ1n) is 7.26. The van der Waals surface area contributed by atoms with Crippen molar-refractivity contribution in [3.05, 3.63) is 11.9 Å². The first-order chi connectivity index (χ1) is 9.20. The van der Waals surface area contributed by atoms with Crippen LogP contribution in [-0.4, -0.2) is 33.3 Å². The van der Waals surface area contributed by atoms with Gasteiger partial charge in [0.25, 0.3) is 0 Å². The predicted octanol–water partition coefficient (Wildman–Crippen LogP) is 1.50. The Morgan fingerprint density at radius 1 is 1.32 bits per heavy atom. The van der Waals surface area contributed by atoms with Crippen LogP contribution in [0.2, 0.25) is 0 Å². The molecule has 19 heavy (non-hydrogen) atoms. The number of nitrogens with zero attached hydrogens (tertiary/aromatic N) is 3. The number of rotatable bonds is 3. The van der Waals surface area contributed by atoms with Crippen molar-refractivity contribution in [2.75, 3.05) is 10.6 Å². The molecule has 1 aromatic heterocycles. The Morgan fingerprint density at radius 3 is 2.63 bits per heavy atom. The van der Waals surface area contributed by atoms with Gasteiger partial charge in [0.05, 0.1) is 6.10 Å². The van der Waals surface area contributed by atoms with Gasteiger partial charge in [0, 0.05) is 17.6 Å². The molecule has 0 aromatic carbocycles. The quantitative estimate of drug-likeness (QED) is 0.863. The third kappa shape index (κ3) is 2.16. The zero-order valence-electron chi connectivity index (χ0n) is 11.4. The molecular formula is C14H22N4O. The molecule has 1 aromatic rings. The number of aliphatic hydroxyl groups excluding tert-OH is 1. The molecule has 2 saturated heterocycles. The van der Waals surface area contributed by atoms with Gasteiger partial charge >= 0.3 is 0 Å². The summed E-state index contributed by atoms with van der Waals surface area (Å²) < 4.78 is 0. The standard InChI is InChI=1S/C14H22N4O/c1-2-3-12-13(15)16-8-17-14(12)18-9-4-5-10(18)7-11(19)6-9/h8-11,19H,2-7H2,1H3,(H2,15,16,17). The topological polar surface area (TPSA) is 75.3 Å². The Balaban J connectivity index is 1.96. The number of piperidine rings is 1. The molecule has 0 aliphatic carbocycles. The lowest BCUT2D eigenvalue weighted by Crippen LogP contribution is -2.45. The fourth-order valence-electron chi connectivity index (χ4n) is 3.62. The zero-order valence-corrected chi connectivity index (χ0v) is 11.4. The van der Waals surface area contributed by atoms with Crippen molar-refractivity contribution in [1.82, 2.24) is 9.97 Å². The van der Waals surface area contributed by atoms with Crippen molar-refractivity contribution < 1.29 is 5.11 Å². The van der Waals surface area contributed by atoms with E-state index in [0.29, 0.717) is 17.9 Å². The minimum atomic E-state index is -0.150. The molecule has 104 valence electrons. The van der Waals surface area contributed by atoms with E-state index in [1.807, 2.05) is 0 Å². The van der Waals surface area contributed by atoms with E-state index in [0.717, 1.165) is 49.9 Å². The van der Waals surface area contributed by atoms with Crippen LogP contribution in [0.3, 0.4) is 0 Å². The third-order valence-corrected chi connectivity index (χ3v) is 4.41. The highest BCUT2D eigenvalue weighted by Gasteiger charge is 2.41. The summed E-state index contributed by atoms with van der Waals surface area (Å²) in [6, 6.07) is 0.831. The Bertz CT molecular complexity index is 451. The van der Waals surface area contributed by atoms with Crippen molar-refractivity contribution in [3.8, 4) is 0 Å². The van der Waals surface area contributed by atoms with Crippen molar-refractivity contribution in [2.45, 2.75) is 63.6 Å². The van der Waals surface area contributed by atoms with E-state index in [-0.39, 0.29) is 6.10 Å². The second kappa shape index (κ2) is 4.96. The van der Waals surface area contributed by atoms with Gasteiger partial charge in [0.2, 0.25) is 0 Å². The van der Waals surface area contributed by atoms with E-state index >= 15 is 0 Å². The number of nitrogens with two attached hydrogens (primary N) is 1. The monoisotopic (exact) mass is 262 g/mol. The number of aromatic nitrogens is 2. The predicted molar refractivity (Wildman–Crippen MR) is 75.0 cm³/mol. The molecule has 0 spiro atoms. The van der Waals surface area contributed by atoms with Crippen LogP contribution in [-0.2, 0) is 6.42 Å². The van der Waals surface area contributed by atoms with Crippen molar-refractivity contribution in [2.24, 2.45) is 0 Å². The first kappa shape index (κ1) is 12.7. The summed E-state index contributed by atoms with van der Waals surface area (Å²) in [6.07, 6.45) is 7.37. The largest absolute Gasteiger partial charge is 0.393 e. The molecule has 0 radical (unpaired) electrons. The van der Waals surface area contributed by atoms with E-state index in [9.17, 15) is 5.11 Å². The van der Waals surface area contributed by atoms with Crippen LogP contribution in [0.25, 0.3) is 0 Å². The average Bonchev–Trinajstić information content (AvgIpc) is 2.64. The number of anilines is 2. The summed E-state index contributed by atoms with van der Waals surface area (Å²) in [5, 5.41) is 9.90. The minimum absolute atomic E-state index is 0.150. The highest BCUT2D eigenvalue weighted by atomic mass is 16.3. The Hall–Kier alpha value is -1.36. The SMILES string of the molecule is CCCc1c(N)ncnc1N1C2CCC1CC(O)C2. The van der Waals surface area contributed by atoms with Crippen LogP contribution in [0.15, 0.2) is 6.33 Å². The molecule has 0 amide bonds. The zero-order chi connectivity index (χ0) is 13.4. The van der Waals surface area contributed by atoms with Crippen LogP contribution in [0.4, 0.5) is 11.6 Å². The molecule has 2 fully saturated rings. The first-order valence-corrected chi connectivity index (χ1v) is 7.26. The Morgan fingerprint density at radius 2 is 2.00 bits per heavy atom. The Kier molecular flexibility index (Phi) is 3.31. The van der Waals surface area contributed by atoms with Crippen molar-refractivity contribution in [3.63, 3.8) is 0 Å². The van der Waals surface area contributed by atoms with Crippen LogP contribution >= 0.6 is 0 Å². The summed E-state index contributed by atoms with van der Waals surface area (Å²) in [4.78, 5) is 11.0. The molecular weight excluding hydrogens is 240 g/mol. The maximum Gasteiger partial charge on any atom is 0.137 e. The third-order valence-electron chi connectivity index (χ3n) is 4.41. The van der Waals surface area contributed by atoms with Crippen molar-refractivity contribution >= 4 is 11.6 Å². The molecule has 2 aliphatic rings. The van der Waals surface area contributed by atoms with Gasteiger partial charge < -0.3 is 15.7 Å². The highest BCUT2D eigenvalue weighted by Crippen LogP contribution is 2.40. The summed E-state index contributed by atoms with van der Waals surface area (Å²) in [5.74, 6) is 1.62. The van der Waals surface area contributed by atoms with E-state index in [4.69, 9.17) is 5.73 Å². The molecule has 3 N–H and O–H groups in total. The fourth-order valence-corrected chi connectivity index (χ4v) is 3.62. The van der Waals surface area contributed by atoms with Gasteiger partial charge in [0.15, 0.2) is 0 Å². The number of hydrogen-bond donors (Lipinski definition) is 2. The molecule has 2 aliphatic heterocycles. The normalized spacial score (nSPS) is 29.8. The van der Waals surface area contributed by atoms with E-state index in [1.54, 1.807) is 6.33 Å². The number of aliphatic hydroxyl groups is 1. The molecule has 3 heterocycles. The van der Waals surface area contributed by atoms with Crippen LogP contribution in [0.5, 0.6) is 0 Å². The summed E-state index contributed by atoms with van der Waals surface area (Å²) >= 11 is 0. The number of nitrogen functional groups attached to an aromatic ring is 1. The molecule has 5 nitrogen and oxygen atoms in total. The Labute approximate surface area is 113 Å². The van der Waals surface area contributed by atoms with Gasteiger partial charge in [-0.15, -0.1) is 0 Å². The van der Waals surface area contributed by atoms with E-state index in [1.165, 1.54) is 0 Å². The molecule has 5 heteroatoms. The lowest BCUT2D eigenvalue weighted by Gasteiger charge is -2.39. The smallest absolute Gasteiger partial charge is 0.137 e. The van der Waals surface area contributed by atoms with Gasteiger partial charge in [-0.1, -0.05) is 13.3 Å². The average molecular weight is 262 g/mol. The number of hydrogen-bond acceptors (Lipinski definition) is 5. The van der Waals surface area contributed by atoms with E-state index < -0.39 is 0 Å². The fraction of sp³-hybridized carbons (Fsp3) is 0.714. The minimum Gasteiger partial charge on any atom is -0.393 e. The second-order valence-electron chi connectivity index (χ2n) is 5.73. The van der Waals surface area contributed by atoms with Gasteiger partial charge in [-0.05, 0) is 32.1 Å². The van der Waals surface area contributed by atoms with Gasteiger partial charge in [-0.2, -0.15) is 0 Å². The molecule has 3 rings (SSSR count). The van der Waals surface area contributed by atoms with Crippen LogP contribution in [0, 0.1) is 0 Å².